The third kappa shape index (κ3) is 3.91. The first-order valence-corrected chi connectivity index (χ1v) is 7.03. The molecule has 1 aliphatic heterocycles. The zero-order valence-corrected chi connectivity index (χ0v) is 12.4. The summed E-state index contributed by atoms with van der Waals surface area (Å²) in [7, 11) is 0. The predicted octanol–water partition coefficient (Wildman–Crippen LogP) is 2.19. The third-order valence-corrected chi connectivity index (χ3v) is 3.34. The van der Waals surface area contributed by atoms with Crippen molar-refractivity contribution in [2.45, 2.75) is 45.9 Å². The second-order valence-corrected chi connectivity index (χ2v) is 6.07. The molecule has 1 fully saturated rings. The predicted molar refractivity (Wildman–Crippen MR) is 78.5 cm³/mol. The molecule has 0 bridgehead atoms. The number of aromatic nitrogens is 1. The number of hydrogen-bond acceptors (Lipinski definition) is 4. The maximum atomic E-state index is 5.78. The first-order valence-electron chi connectivity index (χ1n) is 7.03. The molecule has 106 valence electrons. The van der Waals surface area contributed by atoms with Crippen LogP contribution in [0.1, 0.15) is 33.3 Å². The molecule has 4 nitrogen and oxygen atoms in total. The van der Waals surface area contributed by atoms with Gasteiger partial charge in [-0.15, -0.1) is 0 Å². The van der Waals surface area contributed by atoms with Crippen LogP contribution < -0.4 is 10.2 Å². The van der Waals surface area contributed by atoms with Crippen molar-refractivity contribution < 1.29 is 4.74 Å². The lowest BCUT2D eigenvalue weighted by molar-refractivity contribution is -0.0277. The van der Waals surface area contributed by atoms with E-state index in [1.54, 1.807) is 0 Å². The summed E-state index contributed by atoms with van der Waals surface area (Å²) in [5.74, 6) is 0. The first-order chi connectivity index (χ1) is 8.98. The fourth-order valence-electron chi connectivity index (χ4n) is 2.40. The summed E-state index contributed by atoms with van der Waals surface area (Å²) in [5.41, 5.74) is 2.46. The smallest absolute Gasteiger partial charge is 0.0801 e. The van der Waals surface area contributed by atoms with Gasteiger partial charge in [-0.3, -0.25) is 4.98 Å². The molecule has 1 saturated heterocycles. The minimum absolute atomic E-state index is 0.0791. The van der Waals surface area contributed by atoms with Gasteiger partial charge in [0.05, 0.1) is 12.2 Å². The molecular formula is C15H25N3O. The lowest BCUT2D eigenvalue weighted by Crippen LogP contribution is -2.48. The highest BCUT2D eigenvalue weighted by molar-refractivity contribution is 5.52. The minimum atomic E-state index is -0.0791. The van der Waals surface area contributed by atoms with Gasteiger partial charge >= 0.3 is 0 Å². The molecule has 1 aromatic rings. The van der Waals surface area contributed by atoms with Crippen molar-refractivity contribution in [3.63, 3.8) is 0 Å². The van der Waals surface area contributed by atoms with Gasteiger partial charge in [0, 0.05) is 49.3 Å². The van der Waals surface area contributed by atoms with E-state index in [4.69, 9.17) is 4.74 Å². The average molecular weight is 263 g/mol. The monoisotopic (exact) mass is 263 g/mol. The number of nitrogens with zero attached hydrogens (tertiary/aromatic N) is 2. The summed E-state index contributed by atoms with van der Waals surface area (Å²) in [6.07, 6.45) is 3.84. The van der Waals surface area contributed by atoms with Gasteiger partial charge in [0.2, 0.25) is 0 Å². The number of pyridine rings is 1. The van der Waals surface area contributed by atoms with Crippen LogP contribution in [0, 0.1) is 0 Å². The van der Waals surface area contributed by atoms with Crippen LogP contribution in [0.2, 0.25) is 0 Å². The normalized spacial score (nSPS) is 18.9. The Bertz CT molecular complexity index is 418. The molecule has 4 heteroatoms. The molecule has 0 aromatic carbocycles. The van der Waals surface area contributed by atoms with Crippen molar-refractivity contribution in [2.75, 3.05) is 24.6 Å². The molecule has 0 unspecified atom stereocenters. The Morgan fingerprint density at radius 1 is 1.47 bits per heavy atom. The molecule has 2 heterocycles. The molecule has 0 spiro atoms. The summed E-state index contributed by atoms with van der Waals surface area (Å²) in [4.78, 5) is 6.66. The fourth-order valence-corrected chi connectivity index (χ4v) is 2.40. The van der Waals surface area contributed by atoms with Crippen LogP contribution in [0.3, 0.4) is 0 Å². The maximum Gasteiger partial charge on any atom is 0.0801 e. The molecule has 0 aliphatic carbocycles. The number of rotatable bonds is 4. The SMILES string of the molecule is CC(C)NCc1cnccc1N1CCOC(C)(C)C1. The van der Waals surface area contributed by atoms with Crippen LogP contribution >= 0.6 is 0 Å². The highest BCUT2D eigenvalue weighted by atomic mass is 16.5. The van der Waals surface area contributed by atoms with Crippen LogP contribution in [0.25, 0.3) is 0 Å². The molecule has 2 rings (SSSR count). The van der Waals surface area contributed by atoms with Crippen molar-refractivity contribution in [1.29, 1.82) is 0 Å². The van der Waals surface area contributed by atoms with E-state index in [1.165, 1.54) is 11.3 Å². The Kier molecular flexibility index (Phi) is 4.42. The Morgan fingerprint density at radius 3 is 2.95 bits per heavy atom. The molecule has 0 amide bonds. The van der Waals surface area contributed by atoms with E-state index in [1.807, 2.05) is 12.4 Å². The largest absolute Gasteiger partial charge is 0.372 e. The van der Waals surface area contributed by atoms with Gasteiger partial charge in [-0.05, 0) is 19.9 Å². The minimum Gasteiger partial charge on any atom is -0.372 e. The van der Waals surface area contributed by atoms with E-state index < -0.39 is 0 Å². The first kappa shape index (κ1) is 14.3. The zero-order chi connectivity index (χ0) is 13.9. The zero-order valence-electron chi connectivity index (χ0n) is 12.4. The van der Waals surface area contributed by atoms with Crippen LogP contribution in [0.5, 0.6) is 0 Å². The molecule has 0 saturated carbocycles. The van der Waals surface area contributed by atoms with E-state index in [0.717, 1.165) is 26.2 Å². The highest BCUT2D eigenvalue weighted by Crippen LogP contribution is 2.25. The number of ether oxygens (including phenoxy) is 1. The van der Waals surface area contributed by atoms with E-state index in [9.17, 15) is 0 Å². The van der Waals surface area contributed by atoms with Crippen LogP contribution in [-0.4, -0.2) is 36.3 Å². The van der Waals surface area contributed by atoms with Gasteiger partial charge in [-0.2, -0.15) is 0 Å². The lowest BCUT2D eigenvalue weighted by atomic mass is 10.1. The molecule has 0 radical (unpaired) electrons. The van der Waals surface area contributed by atoms with Gasteiger partial charge < -0.3 is 15.0 Å². The van der Waals surface area contributed by atoms with Crippen molar-refractivity contribution in [3.05, 3.63) is 24.0 Å². The van der Waals surface area contributed by atoms with Crippen molar-refractivity contribution >= 4 is 5.69 Å². The second-order valence-electron chi connectivity index (χ2n) is 6.07. The van der Waals surface area contributed by atoms with Crippen LogP contribution in [0.4, 0.5) is 5.69 Å². The van der Waals surface area contributed by atoms with E-state index >= 15 is 0 Å². The van der Waals surface area contributed by atoms with Gasteiger partial charge in [0.15, 0.2) is 0 Å². The number of anilines is 1. The lowest BCUT2D eigenvalue weighted by Gasteiger charge is -2.40. The standard InChI is InChI=1S/C15H25N3O/c1-12(2)17-10-13-9-16-6-5-14(13)18-7-8-19-15(3,4)11-18/h5-6,9,12,17H,7-8,10-11H2,1-4H3. The number of hydrogen-bond donors (Lipinski definition) is 1. The number of morpholine rings is 1. The van der Waals surface area contributed by atoms with Gasteiger partial charge in [0.25, 0.3) is 0 Å². The average Bonchev–Trinajstić information content (AvgIpc) is 2.35. The Morgan fingerprint density at radius 2 is 2.26 bits per heavy atom. The molecule has 1 N–H and O–H groups in total. The summed E-state index contributed by atoms with van der Waals surface area (Å²) in [6, 6.07) is 2.59. The van der Waals surface area contributed by atoms with Gasteiger partial charge in [-0.1, -0.05) is 13.8 Å². The fraction of sp³-hybridized carbons (Fsp3) is 0.667. The van der Waals surface area contributed by atoms with Crippen LogP contribution in [-0.2, 0) is 11.3 Å². The third-order valence-electron chi connectivity index (χ3n) is 3.34. The highest BCUT2D eigenvalue weighted by Gasteiger charge is 2.28. The molecule has 1 aliphatic rings. The maximum absolute atomic E-state index is 5.78. The van der Waals surface area contributed by atoms with Crippen LogP contribution in [0.15, 0.2) is 18.5 Å². The van der Waals surface area contributed by atoms with Crippen molar-refractivity contribution in [3.8, 4) is 0 Å². The van der Waals surface area contributed by atoms with E-state index in [0.29, 0.717) is 6.04 Å². The summed E-state index contributed by atoms with van der Waals surface area (Å²) >= 11 is 0. The number of nitrogens with one attached hydrogen (secondary N) is 1. The quantitative estimate of drug-likeness (QED) is 0.903. The topological polar surface area (TPSA) is 37.4 Å². The Hall–Kier alpha value is -1.13. The Labute approximate surface area is 116 Å². The summed E-state index contributed by atoms with van der Waals surface area (Å²) < 4.78 is 5.78. The van der Waals surface area contributed by atoms with Crippen molar-refractivity contribution in [1.82, 2.24) is 10.3 Å². The van der Waals surface area contributed by atoms with Crippen molar-refractivity contribution in [2.24, 2.45) is 0 Å². The summed E-state index contributed by atoms with van der Waals surface area (Å²) in [6.45, 7) is 12.1. The molecule has 19 heavy (non-hydrogen) atoms. The molecular weight excluding hydrogens is 238 g/mol. The van der Waals surface area contributed by atoms with E-state index in [2.05, 4.69) is 49.0 Å². The Balaban J connectivity index is 2.14. The molecule has 1 aromatic heterocycles. The van der Waals surface area contributed by atoms with Gasteiger partial charge in [0.1, 0.15) is 0 Å². The van der Waals surface area contributed by atoms with E-state index in [-0.39, 0.29) is 5.60 Å². The second kappa shape index (κ2) is 5.88. The van der Waals surface area contributed by atoms with Gasteiger partial charge in [-0.25, -0.2) is 0 Å². The summed E-state index contributed by atoms with van der Waals surface area (Å²) in [5, 5.41) is 3.46. The molecule has 0 atom stereocenters.